The molecular formula is C14H18ClN3O3. The lowest BCUT2D eigenvalue weighted by Gasteiger charge is -2.29. The van der Waals surface area contributed by atoms with E-state index in [0.29, 0.717) is 12.2 Å². The summed E-state index contributed by atoms with van der Waals surface area (Å²) in [5.41, 5.74) is 6.32. The molecule has 1 aromatic carbocycles. The van der Waals surface area contributed by atoms with Crippen LogP contribution in [0.5, 0.6) is 0 Å². The summed E-state index contributed by atoms with van der Waals surface area (Å²) >= 11 is 5.86. The van der Waals surface area contributed by atoms with Crippen LogP contribution in [0.1, 0.15) is 23.2 Å². The summed E-state index contributed by atoms with van der Waals surface area (Å²) in [5.74, 6) is -1.24. The van der Waals surface area contributed by atoms with E-state index in [1.54, 1.807) is 0 Å². The molecule has 1 aromatic rings. The first-order chi connectivity index (χ1) is 9.95. The monoisotopic (exact) mass is 311 g/mol. The molecule has 4 N–H and O–H groups in total. The predicted molar refractivity (Wildman–Crippen MR) is 80.7 cm³/mol. The van der Waals surface area contributed by atoms with E-state index in [-0.39, 0.29) is 22.5 Å². The third kappa shape index (κ3) is 4.42. The zero-order valence-corrected chi connectivity index (χ0v) is 12.3. The van der Waals surface area contributed by atoms with Crippen LogP contribution in [0, 0.1) is 0 Å². The van der Waals surface area contributed by atoms with Gasteiger partial charge in [-0.2, -0.15) is 0 Å². The fraction of sp³-hybridized carbons (Fsp3) is 0.429. The van der Waals surface area contributed by atoms with Gasteiger partial charge in [0.25, 0.3) is 0 Å². The van der Waals surface area contributed by atoms with E-state index in [1.807, 2.05) is 4.90 Å². The first kappa shape index (κ1) is 15.8. The normalized spacial score (nSPS) is 16.7. The Morgan fingerprint density at radius 3 is 2.62 bits per heavy atom. The third-order valence-corrected chi connectivity index (χ3v) is 3.80. The lowest BCUT2D eigenvalue weighted by molar-refractivity contribution is -0.117. The minimum absolute atomic E-state index is 0.0136. The molecule has 0 saturated carbocycles. The highest BCUT2D eigenvalue weighted by Crippen LogP contribution is 2.21. The SMILES string of the molecule is NC1CCN(CC(=O)Nc2ccc(C(=O)O)c(Cl)c2)CC1. The van der Waals surface area contributed by atoms with E-state index >= 15 is 0 Å². The first-order valence-electron chi connectivity index (χ1n) is 6.76. The maximum atomic E-state index is 11.9. The molecule has 0 atom stereocenters. The van der Waals surface area contributed by atoms with Crippen molar-refractivity contribution in [3.8, 4) is 0 Å². The van der Waals surface area contributed by atoms with Crippen molar-refractivity contribution in [2.75, 3.05) is 25.0 Å². The number of anilines is 1. The molecule has 0 radical (unpaired) electrons. The Morgan fingerprint density at radius 1 is 1.38 bits per heavy atom. The second kappa shape index (κ2) is 6.89. The maximum Gasteiger partial charge on any atom is 0.337 e. The number of nitrogens with two attached hydrogens (primary N) is 1. The Balaban J connectivity index is 1.91. The minimum atomic E-state index is -1.09. The largest absolute Gasteiger partial charge is 0.478 e. The molecule has 0 aromatic heterocycles. The lowest BCUT2D eigenvalue weighted by atomic mass is 10.1. The number of nitrogens with one attached hydrogen (secondary N) is 1. The number of carbonyl (C=O) groups is 2. The second-order valence-electron chi connectivity index (χ2n) is 5.16. The number of aromatic carboxylic acids is 1. The molecule has 1 amide bonds. The van der Waals surface area contributed by atoms with Crippen molar-refractivity contribution in [3.63, 3.8) is 0 Å². The zero-order valence-electron chi connectivity index (χ0n) is 11.5. The molecule has 7 heteroatoms. The Morgan fingerprint density at radius 2 is 2.05 bits per heavy atom. The highest BCUT2D eigenvalue weighted by Gasteiger charge is 2.18. The maximum absolute atomic E-state index is 11.9. The summed E-state index contributed by atoms with van der Waals surface area (Å²) in [6, 6.07) is 4.57. The van der Waals surface area contributed by atoms with Crippen molar-refractivity contribution in [1.82, 2.24) is 4.90 Å². The molecule has 0 bridgehead atoms. The van der Waals surface area contributed by atoms with E-state index in [0.717, 1.165) is 25.9 Å². The lowest BCUT2D eigenvalue weighted by Crippen LogP contribution is -2.43. The number of amides is 1. The molecule has 1 heterocycles. The summed E-state index contributed by atoms with van der Waals surface area (Å²) in [6.07, 6.45) is 1.79. The quantitative estimate of drug-likeness (QED) is 0.781. The number of rotatable bonds is 4. The molecule has 0 aliphatic carbocycles. The fourth-order valence-electron chi connectivity index (χ4n) is 2.28. The van der Waals surface area contributed by atoms with E-state index < -0.39 is 5.97 Å². The number of nitrogens with zero attached hydrogens (tertiary/aromatic N) is 1. The van der Waals surface area contributed by atoms with Gasteiger partial charge < -0.3 is 16.2 Å². The standard InChI is InChI=1S/C14H18ClN3O3/c15-12-7-10(1-2-11(12)14(20)21)17-13(19)8-18-5-3-9(16)4-6-18/h1-2,7,9H,3-6,8,16H2,(H,17,19)(H,20,21). The number of carboxylic acids is 1. The van der Waals surface area contributed by atoms with Crippen LogP contribution in [-0.2, 0) is 4.79 Å². The number of likely N-dealkylation sites (tertiary alicyclic amines) is 1. The van der Waals surface area contributed by atoms with Crippen molar-refractivity contribution in [1.29, 1.82) is 0 Å². The van der Waals surface area contributed by atoms with Crippen LogP contribution in [0.15, 0.2) is 18.2 Å². The number of halogens is 1. The smallest absolute Gasteiger partial charge is 0.337 e. The van der Waals surface area contributed by atoms with Gasteiger partial charge in [-0.15, -0.1) is 0 Å². The number of carboxylic acid groups (broad SMARTS) is 1. The molecule has 6 nitrogen and oxygen atoms in total. The van der Waals surface area contributed by atoms with Gasteiger partial charge in [0.15, 0.2) is 0 Å². The van der Waals surface area contributed by atoms with E-state index in [9.17, 15) is 9.59 Å². The van der Waals surface area contributed by atoms with Gasteiger partial charge in [0.05, 0.1) is 17.1 Å². The van der Waals surface area contributed by atoms with Gasteiger partial charge in [0, 0.05) is 24.8 Å². The summed E-state index contributed by atoms with van der Waals surface area (Å²) < 4.78 is 0. The molecule has 21 heavy (non-hydrogen) atoms. The van der Waals surface area contributed by atoms with Crippen molar-refractivity contribution in [3.05, 3.63) is 28.8 Å². The van der Waals surface area contributed by atoms with Crippen molar-refractivity contribution in [2.45, 2.75) is 18.9 Å². The molecule has 114 valence electrons. The Labute approximate surface area is 127 Å². The van der Waals surface area contributed by atoms with E-state index in [1.165, 1.54) is 18.2 Å². The molecule has 0 unspecified atom stereocenters. The van der Waals surface area contributed by atoms with Crippen molar-refractivity contribution >= 4 is 29.2 Å². The number of carbonyl (C=O) groups excluding carboxylic acids is 1. The molecule has 2 rings (SSSR count). The van der Waals surface area contributed by atoms with Gasteiger partial charge in [-0.05, 0) is 31.0 Å². The van der Waals surface area contributed by atoms with Crippen LogP contribution in [0.25, 0.3) is 0 Å². The molecular weight excluding hydrogens is 294 g/mol. The van der Waals surface area contributed by atoms with Crippen LogP contribution < -0.4 is 11.1 Å². The summed E-state index contributed by atoms with van der Waals surface area (Å²) in [4.78, 5) is 24.9. The third-order valence-electron chi connectivity index (χ3n) is 3.48. The molecule has 1 fully saturated rings. The van der Waals surface area contributed by atoms with Gasteiger partial charge in [-0.1, -0.05) is 11.6 Å². The van der Waals surface area contributed by atoms with Gasteiger partial charge >= 0.3 is 5.97 Å². The first-order valence-corrected chi connectivity index (χ1v) is 7.14. The van der Waals surface area contributed by atoms with Gasteiger partial charge in [-0.3, -0.25) is 9.69 Å². The predicted octanol–water partition coefficient (Wildman–Crippen LogP) is 1.40. The number of benzene rings is 1. The van der Waals surface area contributed by atoms with Gasteiger partial charge in [0.1, 0.15) is 0 Å². The van der Waals surface area contributed by atoms with Crippen molar-refractivity contribution in [2.24, 2.45) is 5.73 Å². The highest BCUT2D eigenvalue weighted by atomic mass is 35.5. The molecule has 1 saturated heterocycles. The number of hydrogen-bond acceptors (Lipinski definition) is 4. The second-order valence-corrected chi connectivity index (χ2v) is 5.57. The Hall–Kier alpha value is -1.63. The fourth-order valence-corrected chi connectivity index (χ4v) is 2.54. The summed E-state index contributed by atoms with van der Waals surface area (Å²) in [6.45, 7) is 1.92. The van der Waals surface area contributed by atoms with Gasteiger partial charge in [-0.25, -0.2) is 4.79 Å². The molecule has 1 aliphatic rings. The van der Waals surface area contributed by atoms with Gasteiger partial charge in [0.2, 0.25) is 5.91 Å². The summed E-state index contributed by atoms with van der Waals surface area (Å²) in [7, 11) is 0. The van der Waals surface area contributed by atoms with Crippen molar-refractivity contribution < 1.29 is 14.7 Å². The van der Waals surface area contributed by atoms with Crippen LogP contribution >= 0.6 is 11.6 Å². The summed E-state index contributed by atoms with van der Waals surface area (Å²) in [5, 5.41) is 11.7. The Bertz CT molecular complexity index is 542. The average molecular weight is 312 g/mol. The number of piperidine rings is 1. The zero-order chi connectivity index (χ0) is 15.4. The van der Waals surface area contributed by atoms with E-state index in [4.69, 9.17) is 22.4 Å². The van der Waals surface area contributed by atoms with Crippen LogP contribution in [-0.4, -0.2) is 47.6 Å². The van der Waals surface area contributed by atoms with E-state index in [2.05, 4.69) is 5.32 Å². The van der Waals surface area contributed by atoms with Crippen LogP contribution in [0.4, 0.5) is 5.69 Å². The molecule has 0 spiro atoms. The molecule has 1 aliphatic heterocycles. The van der Waals surface area contributed by atoms with Crippen LogP contribution in [0.3, 0.4) is 0 Å². The Kier molecular flexibility index (Phi) is 5.17. The highest BCUT2D eigenvalue weighted by molar-refractivity contribution is 6.33. The average Bonchev–Trinajstić information content (AvgIpc) is 2.41. The minimum Gasteiger partial charge on any atom is -0.478 e. The topological polar surface area (TPSA) is 95.7 Å². The number of hydrogen-bond donors (Lipinski definition) is 3. The van der Waals surface area contributed by atoms with Crippen LogP contribution in [0.2, 0.25) is 5.02 Å².